The van der Waals surface area contributed by atoms with Gasteiger partial charge in [0.1, 0.15) is 5.65 Å². The summed E-state index contributed by atoms with van der Waals surface area (Å²) in [5.74, 6) is 0. The molecule has 1 saturated heterocycles. The summed E-state index contributed by atoms with van der Waals surface area (Å²) in [7, 11) is 0. The van der Waals surface area contributed by atoms with Crippen molar-refractivity contribution in [3.8, 4) is 0 Å². The highest BCUT2D eigenvalue weighted by atomic mass is 16.5. The van der Waals surface area contributed by atoms with Gasteiger partial charge in [0.25, 0.3) is 0 Å². The van der Waals surface area contributed by atoms with Gasteiger partial charge in [0.05, 0.1) is 25.0 Å². The van der Waals surface area contributed by atoms with Crippen LogP contribution >= 0.6 is 0 Å². The summed E-state index contributed by atoms with van der Waals surface area (Å²) >= 11 is 0. The molecule has 0 spiro atoms. The number of imidazole rings is 1. The van der Waals surface area contributed by atoms with Crippen LogP contribution in [0.4, 0.5) is 0 Å². The van der Waals surface area contributed by atoms with Crippen molar-refractivity contribution in [2.75, 3.05) is 19.8 Å². The molecule has 1 aliphatic heterocycles. The van der Waals surface area contributed by atoms with E-state index in [0.717, 1.165) is 24.4 Å². The summed E-state index contributed by atoms with van der Waals surface area (Å²) in [5.41, 5.74) is 3.26. The predicted octanol–water partition coefficient (Wildman–Crippen LogP) is 1.22. The van der Waals surface area contributed by atoms with Crippen molar-refractivity contribution >= 4 is 5.65 Å². The van der Waals surface area contributed by atoms with Gasteiger partial charge in [0.15, 0.2) is 0 Å². The van der Waals surface area contributed by atoms with Crippen LogP contribution in [0.3, 0.4) is 0 Å². The zero-order valence-electron chi connectivity index (χ0n) is 12.0. The lowest BCUT2D eigenvalue weighted by atomic mass is 10.2. The van der Waals surface area contributed by atoms with E-state index in [9.17, 15) is 5.11 Å². The molecular formula is C15H21N3O2. The molecule has 5 heteroatoms. The molecule has 3 rings (SSSR count). The number of fused-ring (bicyclic) bond motifs is 1. The van der Waals surface area contributed by atoms with Crippen molar-refractivity contribution in [3.63, 3.8) is 0 Å². The van der Waals surface area contributed by atoms with Crippen molar-refractivity contribution in [2.45, 2.75) is 32.5 Å². The number of aliphatic hydroxyl groups is 1. The molecule has 1 aliphatic rings. The third kappa shape index (κ3) is 2.57. The number of rotatable bonds is 3. The number of pyridine rings is 1. The minimum atomic E-state index is -0.0787. The van der Waals surface area contributed by atoms with Gasteiger partial charge in [-0.3, -0.25) is 4.90 Å². The van der Waals surface area contributed by atoms with Crippen LogP contribution in [0.5, 0.6) is 0 Å². The molecule has 20 heavy (non-hydrogen) atoms. The quantitative estimate of drug-likeness (QED) is 0.915. The minimum Gasteiger partial charge on any atom is -0.394 e. The van der Waals surface area contributed by atoms with E-state index in [2.05, 4.69) is 35.4 Å². The first-order valence-electron chi connectivity index (χ1n) is 7.07. The van der Waals surface area contributed by atoms with E-state index < -0.39 is 0 Å². The van der Waals surface area contributed by atoms with Crippen molar-refractivity contribution in [1.82, 2.24) is 14.3 Å². The predicted molar refractivity (Wildman–Crippen MR) is 76.6 cm³/mol. The normalized spacial score (nSPS) is 24.4. The van der Waals surface area contributed by atoms with Crippen LogP contribution < -0.4 is 0 Å². The summed E-state index contributed by atoms with van der Waals surface area (Å²) in [5, 5.41) is 9.24. The Labute approximate surface area is 118 Å². The van der Waals surface area contributed by atoms with Gasteiger partial charge in [-0.05, 0) is 25.5 Å². The van der Waals surface area contributed by atoms with Crippen LogP contribution in [0.1, 0.15) is 18.2 Å². The molecule has 2 aromatic rings. The van der Waals surface area contributed by atoms with Gasteiger partial charge in [0, 0.05) is 31.5 Å². The third-order valence-electron chi connectivity index (χ3n) is 3.93. The van der Waals surface area contributed by atoms with Crippen LogP contribution in [0, 0.1) is 6.92 Å². The molecule has 0 aliphatic carbocycles. The Morgan fingerprint density at radius 1 is 1.50 bits per heavy atom. The van der Waals surface area contributed by atoms with Gasteiger partial charge < -0.3 is 14.2 Å². The molecule has 5 nitrogen and oxygen atoms in total. The maximum Gasteiger partial charge on any atom is 0.139 e. The Morgan fingerprint density at radius 2 is 2.35 bits per heavy atom. The fourth-order valence-electron chi connectivity index (χ4n) is 2.69. The number of hydrogen-bond acceptors (Lipinski definition) is 4. The Morgan fingerprint density at radius 3 is 3.10 bits per heavy atom. The molecule has 3 heterocycles. The third-order valence-corrected chi connectivity index (χ3v) is 3.93. The van der Waals surface area contributed by atoms with E-state index in [-0.39, 0.29) is 12.7 Å². The molecule has 0 saturated carbocycles. The largest absolute Gasteiger partial charge is 0.394 e. The lowest BCUT2D eigenvalue weighted by Gasteiger charge is -2.36. The Bertz CT molecular complexity index is 596. The summed E-state index contributed by atoms with van der Waals surface area (Å²) < 4.78 is 7.64. The highest BCUT2D eigenvalue weighted by Crippen LogP contribution is 2.16. The SMILES string of the molecule is Cc1cccn2cc(CN3CC(CO)OCC3C)nc12. The number of aliphatic hydroxyl groups excluding tert-OH is 1. The number of aryl methyl sites for hydroxylation is 1. The average Bonchev–Trinajstić information content (AvgIpc) is 2.85. The molecular weight excluding hydrogens is 254 g/mol. The number of morpholine rings is 1. The number of nitrogens with zero attached hydrogens (tertiary/aromatic N) is 3. The van der Waals surface area contributed by atoms with Gasteiger partial charge in [-0.15, -0.1) is 0 Å². The molecule has 0 bridgehead atoms. The fourth-order valence-corrected chi connectivity index (χ4v) is 2.69. The maximum absolute atomic E-state index is 9.24. The summed E-state index contributed by atoms with van der Waals surface area (Å²) in [4.78, 5) is 7.03. The molecule has 0 radical (unpaired) electrons. The first-order valence-corrected chi connectivity index (χ1v) is 7.07. The second-order valence-electron chi connectivity index (χ2n) is 5.57. The van der Waals surface area contributed by atoms with Crippen LogP contribution in [0.15, 0.2) is 24.5 Å². The van der Waals surface area contributed by atoms with Crippen LogP contribution in [-0.2, 0) is 11.3 Å². The minimum absolute atomic E-state index is 0.0769. The van der Waals surface area contributed by atoms with Gasteiger partial charge in [0.2, 0.25) is 0 Å². The topological polar surface area (TPSA) is 50.0 Å². The molecule has 0 aromatic carbocycles. The van der Waals surface area contributed by atoms with Crippen molar-refractivity contribution in [3.05, 3.63) is 35.8 Å². The molecule has 0 amide bonds. The Balaban J connectivity index is 1.79. The van der Waals surface area contributed by atoms with Crippen LogP contribution in [0.2, 0.25) is 0 Å². The van der Waals surface area contributed by atoms with Gasteiger partial charge in [-0.2, -0.15) is 0 Å². The molecule has 2 atom stereocenters. The van der Waals surface area contributed by atoms with E-state index in [1.807, 2.05) is 12.3 Å². The maximum atomic E-state index is 9.24. The van der Waals surface area contributed by atoms with Gasteiger partial charge >= 0.3 is 0 Å². The van der Waals surface area contributed by atoms with Gasteiger partial charge in [-0.25, -0.2) is 4.98 Å². The fraction of sp³-hybridized carbons (Fsp3) is 0.533. The monoisotopic (exact) mass is 275 g/mol. The molecule has 108 valence electrons. The molecule has 1 fully saturated rings. The van der Waals surface area contributed by atoms with Gasteiger partial charge in [-0.1, -0.05) is 6.07 Å². The highest BCUT2D eigenvalue weighted by molar-refractivity contribution is 5.47. The van der Waals surface area contributed by atoms with E-state index >= 15 is 0 Å². The van der Waals surface area contributed by atoms with Crippen LogP contribution in [-0.4, -0.2) is 51.3 Å². The second-order valence-corrected chi connectivity index (χ2v) is 5.57. The van der Waals surface area contributed by atoms with E-state index in [4.69, 9.17) is 9.72 Å². The molecule has 2 unspecified atom stereocenters. The number of ether oxygens (including phenoxy) is 1. The highest BCUT2D eigenvalue weighted by Gasteiger charge is 2.26. The standard InChI is InChI=1S/C15H21N3O2/c1-11-4-3-5-17-6-13(16-15(11)17)7-18-8-14(9-19)20-10-12(18)2/h3-6,12,14,19H,7-10H2,1-2H3. The second kappa shape index (κ2) is 5.52. The Hall–Kier alpha value is -1.43. The summed E-state index contributed by atoms with van der Waals surface area (Å²) in [6.07, 6.45) is 4.03. The van der Waals surface area contributed by atoms with E-state index in [1.165, 1.54) is 5.56 Å². The molecule has 1 N–H and O–H groups in total. The van der Waals surface area contributed by atoms with E-state index in [1.54, 1.807) is 0 Å². The zero-order valence-corrected chi connectivity index (χ0v) is 12.0. The lowest BCUT2D eigenvalue weighted by Crippen LogP contribution is -2.48. The zero-order chi connectivity index (χ0) is 14.1. The van der Waals surface area contributed by atoms with Crippen LogP contribution in [0.25, 0.3) is 5.65 Å². The van der Waals surface area contributed by atoms with Crippen molar-refractivity contribution in [1.29, 1.82) is 0 Å². The van der Waals surface area contributed by atoms with Crippen molar-refractivity contribution < 1.29 is 9.84 Å². The lowest BCUT2D eigenvalue weighted by molar-refractivity contribution is -0.0808. The smallest absolute Gasteiger partial charge is 0.139 e. The van der Waals surface area contributed by atoms with Crippen molar-refractivity contribution in [2.24, 2.45) is 0 Å². The first-order chi connectivity index (χ1) is 9.67. The molecule has 2 aromatic heterocycles. The number of aromatic nitrogens is 2. The first kappa shape index (κ1) is 13.5. The summed E-state index contributed by atoms with van der Waals surface area (Å²) in [6.45, 7) is 6.51. The van der Waals surface area contributed by atoms with E-state index in [0.29, 0.717) is 12.6 Å². The average molecular weight is 275 g/mol. The summed E-state index contributed by atoms with van der Waals surface area (Å²) in [6, 6.07) is 4.46. The number of hydrogen-bond donors (Lipinski definition) is 1. The Kier molecular flexibility index (Phi) is 3.74.